The third-order valence-corrected chi connectivity index (χ3v) is 3.93. The Morgan fingerprint density at radius 2 is 1.84 bits per heavy atom. The molecule has 2 aromatic rings. The lowest BCUT2D eigenvalue weighted by Crippen LogP contribution is -2.51. The molecule has 25 heavy (non-hydrogen) atoms. The number of aromatic nitrogens is 1. The van der Waals surface area contributed by atoms with Crippen LogP contribution in [0.4, 0.5) is 0 Å². The number of amides is 1. The van der Waals surface area contributed by atoms with Crippen molar-refractivity contribution >= 4 is 18.3 Å². The Labute approximate surface area is 145 Å². The highest BCUT2D eigenvalue weighted by Gasteiger charge is 2.34. The van der Waals surface area contributed by atoms with Gasteiger partial charge < -0.3 is 19.4 Å². The molecule has 1 N–H and O–H groups in total. The molecular formula is C18H20N2O5. The van der Waals surface area contributed by atoms with E-state index in [4.69, 9.17) is 9.47 Å². The number of ether oxygens (including phenoxy) is 2. The van der Waals surface area contributed by atoms with E-state index in [1.165, 1.54) is 14.2 Å². The summed E-state index contributed by atoms with van der Waals surface area (Å²) in [6.07, 6.45) is 2.51. The molecule has 0 spiro atoms. The van der Waals surface area contributed by atoms with E-state index in [0.717, 1.165) is 11.3 Å². The highest BCUT2D eigenvalue weighted by Crippen LogP contribution is 2.19. The van der Waals surface area contributed by atoms with Gasteiger partial charge in [-0.3, -0.25) is 4.79 Å². The molecule has 1 aromatic carbocycles. The number of rotatable bonds is 7. The Morgan fingerprint density at radius 3 is 2.40 bits per heavy atom. The molecule has 1 atom stereocenters. The number of carbonyl (C=O) groups is 3. The average Bonchev–Trinajstić information content (AvgIpc) is 3.10. The van der Waals surface area contributed by atoms with E-state index in [9.17, 15) is 14.4 Å². The number of esters is 2. The van der Waals surface area contributed by atoms with Gasteiger partial charge in [-0.1, -0.05) is 12.1 Å². The number of hydrogen-bond donors (Lipinski definition) is 1. The first-order valence-electron chi connectivity index (χ1n) is 7.60. The van der Waals surface area contributed by atoms with E-state index in [0.29, 0.717) is 12.1 Å². The molecule has 0 saturated heterocycles. The number of methoxy groups -OCH3 is 2. The second-order valence-corrected chi connectivity index (χ2v) is 5.68. The van der Waals surface area contributed by atoms with Crippen molar-refractivity contribution in [3.63, 3.8) is 0 Å². The van der Waals surface area contributed by atoms with Crippen molar-refractivity contribution in [1.29, 1.82) is 0 Å². The van der Waals surface area contributed by atoms with Gasteiger partial charge >= 0.3 is 11.9 Å². The van der Waals surface area contributed by atoms with Crippen LogP contribution in [0.2, 0.25) is 0 Å². The molecule has 0 aliphatic carbocycles. The maximum Gasteiger partial charge on any atom is 0.355 e. The predicted octanol–water partition coefficient (Wildman–Crippen LogP) is 1.48. The molecule has 1 unspecified atom stereocenters. The van der Waals surface area contributed by atoms with E-state index in [-0.39, 0.29) is 6.42 Å². The first-order chi connectivity index (χ1) is 11.9. The van der Waals surface area contributed by atoms with Crippen LogP contribution in [0.15, 0.2) is 42.6 Å². The highest BCUT2D eigenvalue weighted by atomic mass is 16.5. The fraction of sp³-hybridized carbons (Fsp3) is 0.278. The van der Waals surface area contributed by atoms with Crippen molar-refractivity contribution in [3.8, 4) is 5.69 Å². The molecule has 0 radical (unpaired) electrons. The summed E-state index contributed by atoms with van der Waals surface area (Å²) in [5.41, 5.74) is 0.871. The minimum atomic E-state index is -1.15. The quantitative estimate of drug-likeness (QED) is 0.607. The van der Waals surface area contributed by atoms with Gasteiger partial charge in [-0.15, -0.1) is 0 Å². The van der Waals surface area contributed by atoms with Gasteiger partial charge in [0.1, 0.15) is 11.2 Å². The minimum Gasteiger partial charge on any atom is -0.467 e. The van der Waals surface area contributed by atoms with Crippen LogP contribution in [-0.2, 0) is 25.5 Å². The summed E-state index contributed by atoms with van der Waals surface area (Å²) in [5, 5.41) is 2.51. The molecule has 0 aliphatic heterocycles. The molecule has 1 heterocycles. The van der Waals surface area contributed by atoms with Gasteiger partial charge in [0, 0.05) is 18.3 Å². The van der Waals surface area contributed by atoms with Crippen molar-refractivity contribution in [2.75, 3.05) is 14.2 Å². The van der Waals surface area contributed by atoms with Crippen LogP contribution in [0.5, 0.6) is 0 Å². The lowest BCUT2D eigenvalue weighted by atomic mass is 9.93. The zero-order chi connectivity index (χ0) is 18.4. The maximum atomic E-state index is 11.9. The molecular weight excluding hydrogens is 324 g/mol. The molecule has 0 saturated carbocycles. The fourth-order valence-electron chi connectivity index (χ4n) is 2.60. The molecule has 0 bridgehead atoms. The predicted molar refractivity (Wildman–Crippen MR) is 90.4 cm³/mol. The number of nitrogens with zero attached hydrogens (tertiary/aromatic N) is 1. The van der Waals surface area contributed by atoms with Gasteiger partial charge in [0.2, 0.25) is 6.41 Å². The van der Waals surface area contributed by atoms with Crippen molar-refractivity contribution in [1.82, 2.24) is 9.88 Å². The number of hydrogen-bond acceptors (Lipinski definition) is 5. The van der Waals surface area contributed by atoms with Gasteiger partial charge in [0.15, 0.2) is 0 Å². The monoisotopic (exact) mass is 344 g/mol. The maximum absolute atomic E-state index is 11.9. The van der Waals surface area contributed by atoms with Crippen LogP contribution in [0.25, 0.3) is 5.69 Å². The van der Waals surface area contributed by atoms with E-state index in [1.54, 1.807) is 29.8 Å². The molecule has 1 aromatic heterocycles. The molecule has 0 aliphatic rings. The van der Waals surface area contributed by atoms with Crippen LogP contribution < -0.4 is 5.32 Å². The Morgan fingerprint density at radius 1 is 1.16 bits per heavy atom. The summed E-state index contributed by atoms with van der Waals surface area (Å²) >= 11 is 0. The lowest BCUT2D eigenvalue weighted by Gasteiger charge is -2.26. The number of nitrogens with one attached hydrogen (secondary N) is 1. The van der Waals surface area contributed by atoms with Crippen LogP contribution in [0.3, 0.4) is 0 Å². The van der Waals surface area contributed by atoms with Crippen molar-refractivity contribution in [3.05, 3.63) is 53.9 Å². The van der Waals surface area contributed by atoms with E-state index in [1.807, 2.05) is 24.3 Å². The zero-order valence-corrected chi connectivity index (χ0v) is 14.3. The normalized spacial score (nSPS) is 12.8. The Balaban J connectivity index is 2.25. The molecule has 7 nitrogen and oxygen atoms in total. The smallest absolute Gasteiger partial charge is 0.355 e. The van der Waals surface area contributed by atoms with Crippen molar-refractivity contribution in [2.45, 2.75) is 18.9 Å². The van der Waals surface area contributed by atoms with Crippen LogP contribution in [-0.4, -0.2) is 42.7 Å². The highest BCUT2D eigenvalue weighted by molar-refractivity contribution is 5.88. The number of carbonyl (C=O) groups excluding carboxylic acids is 3. The second kappa shape index (κ2) is 7.65. The Hall–Kier alpha value is -3.09. The van der Waals surface area contributed by atoms with Gasteiger partial charge in [-0.05, 0) is 36.8 Å². The summed E-state index contributed by atoms with van der Waals surface area (Å²) in [6.45, 7) is 1.60. The molecule has 7 heteroatoms. The standard InChI is InChI=1S/C18H20N2O5/c1-18(19-12-21,17(23)25-3)11-13-6-8-14(9-7-13)20-10-4-5-15(20)16(22)24-2/h4-10,12H,11H2,1-3H3,(H,19,21). The van der Waals surface area contributed by atoms with E-state index >= 15 is 0 Å². The summed E-state index contributed by atoms with van der Waals surface area (Å²) in [6, 6.07) is 10.7. The molecule has 0 fully saturated rings. The third kappa shape index (κ3) is 3.88. The fourth-order valence-corrected chi connectivity index (χ4v) is 2.60. The van der Waals surface area contributed by atoms with Gasteiger partial charge in [-0.25, -0.2) is 9.59 Å². The second-order valence-electron chi connectivity index (χ2n) is 5.68. The van der Waals surface area contributed by atoms with Crippen molar-refractivity contribution in [2.24, 2.45) is 0 Å². The zero-order valence-electron chi connectivity index (χ0n) is 14.3. The Kier molecular flexibility index (Phi) is 5.59. The SMILES string of the molecule is COC(=O)c1cccn1-c1ccc(CC(C)(NC=O)C(=O)OC)cc1. The van der Waals surface area contributed by atoms with Gasteiger partial charge in [0.25, 0.3) is 0 Å². The number of benzene rings is 1. The van der Waals surface area contributed by atoms with Gasteiger partial charge in [-0.2, -0.15) is 0 Å². The van der Waals surface area contributed by atoms with Crippen LogP contribution in [0.1, 0.15) is 23.0 Å². The average molecular weight is 344 g/mol. The summed E-state index contributed by atoms with van der Waals surface area (Å²) in [7, 11) is 2.60. The Bertz CT molecular complexity index is 766. The minimum absolute atomic E-state index is 0.272. The largest absolute Gasteiger partial charge is 0.467 e. The summed E-state index contributed by atoms with van der Waals surface area (Å²) < 4.78 is 11.2. The first kappa shape index (κ1) is 18.3. The lowest BCUT2D eigenvalue weighted by molar-refractivity contribution is -0.148. The van der Waals surface area contributed by atoms with Crippen LogP contribution in [0, 0.1) is 0 Å². The van der Waals surface area contributed by atoms with Crippen LogP contribution >= 0.6 is 0 Å². The topological polar surface area (TPSA) is 86.6 Å². The van der Waals surface area contributed by atoms with E-state index in [2.05, 4.69) is 5.32 Å². The van der Waals surface area contributed by atoms with Gasteiger partial charge in [0.05, 0.1) is 14.2 Å². The molecule has 2 rings (SSSR count). The molecule has 1 amide bonds. The van der Waals surface area contributed by atoms with E-state index < -0.39 is 17.5 Å². The summed E-state index contributed by atoms with van der Waals surface area (Å²) in [5.74, 6) is -0.954. The molecule has 132 valence electrons. The third-order valence-electron chi connectivity index (χ3n) is 3.93. The summed E-state index contributed by atoms with van der Waals surface area (Å²) in [4.78, 5) is 34.5. The first-order valence-corrected chi connectivity index (χ1v) is 7.60. The van der Waals surface area contributed by atoms with Crippen molar-refractivity contribution < 1.29 is 23.9 Å².